The molecular formula is C19H22ClN3O4. The highest BCUT2D eigenvalue weighted by Crippen LogP contribution is 2.28. The summed E-state index contributed by atoms with van der Waals surface area (Å²) in [5.74, 6) is 1.35. The lowest BCUT2D eigenvalue weighted by molar-refractivity contribution is -0.384. The van der Waals surface area contributed by atoms with Crippen molar-refractivity contribution in [2.75, 3.05) is 32.1 Å². The number of benzene rings is 2. The van der Waals surface area contributed by atoms with E-state index in [1.165, 1.54) is 12.1 Å². The second-order valence-corrected chi connectivity index (χ2v) is 6.02. The van der Waals surface area contributed by atoms with Gasteiger partial charge < -0.3 is 20.1 Å². The fourth-order valence-electron chi connectivity index (χ4n) is 2.37. The summed E-state index contributed by atoms with van der Waals surface area (Å²) in [5, 5.41) is 17.5. The molecule has 0 saturated carbocycles. The van der Waals surface area contributed by atoms with Crippen LogP contribution in [-0.4, -0.2) is 31.7 Å². The SMILES string of the molecule is C=CCOc1ccc(CNCCNc2ccc([N+](=O)[O-])cc2Cl)cc1OC. The van der Waals surface area contributed by atoms with Crippen molar-refractivity contribution in [1.29, 1.82) is 0 Å². The van der Waals surface area contributed by atoms with Crippen LogP contribution in [0.3, 0.4) is 0 Å². The Kier molecular flexibility index (Phi) is 7.91. The first-order valence-corrected chi connectivity index (χ1v) is 8.72. The number of methoxy groups -OCH3 is 1. The van der Waals surface area contributed by atoms with E-state index in [4.69, 9.17) is 21.1 Å². The zero-order chi connectivity index (χ0) is 19.6. The Morgan fingerprint density at radius 1 is 1.22 bits per heavy atom. The average molecular weight is 392 g/mol. The molecule has 2 aromatic carbocycles. The summed E-state index contributed by atoms with van der Waals surface area (Å²) in [6.07, 6.45) is 1.68. The number of anilines is 1. The lowest BCUT2D eigenvalue weighted by Gasteiger charge is -2.12. The van der Waals surface area contributed by atoms with Crippen molar-refractivity contribution in [2.24, 2.45) is 0 Å². The van der Waals surface area contributed by atoms with Crippen LogP contribution >= 0.6 is 11.6 Å². The normalized spacial score (nSPS) is 10.3. The lowest BCUT2D eigenvalue weighted by Crippen LogP contribution is -2.21. The third-order valence-electron chi connectivity index (χ3n) is 3.69. The van der Waals surface area contributed by atoms with Crippen LogP contribution < -0.4 is 20.1 Å². The van der Waals surface area contributed by atoms with Gasteiger partial charge in [0.25, 0.3) is 5.69 Å². The maximum Gasteiger partial charge on any atom is 0.271 e. The second kappa shape index (κ2) is 10.4. The fraction of sp³-hybridized carbons (Fsp3) is 0.263. The van der Waals surface area contributed by atoms with Gasteiger partial charge in [0.15, 0.2) is 11.5 Å². The summed E-state index contributed by atoms with van der Waals surface area (Å²) < 4.78 is 10.9. The molecule has 7 nitrogen and oxygen atoms in total. The van der Waals surface area contributed by atoms with Crippen molar-refractivity contribution in [1.82, 2.24) is 5.32 Å². The van der Waals surface area contributed by atoms with Crippen LogP contribution in [0.25, 0.3) is 0 Å². The highest BCUT2D eigenvalue weighted by Gasteiger charge is 2.09. The Balaban J connectivity index is 1.80. The van der Waals surface area contributed by atoms with Gasteiger partial charge in [0.2, 0.25) is 0 Å². The predicted molar refractivity (Wildman–Crippen MR) is 107 cm³/mol. The molecule has 0 amide bonds. The van der Waals surface area contributed by atoms with E-state index in [0.29, 0.717) is 48.5 Å². The highest BCUT2D eigenvalue weighted by atomic mass is 35.5. The minimum Gasteiger partial charge on any atom is -0.493 e. The molecule has 0 atom stereocenters. The summed E-state index contributed by atoms with van der Waals surface area (Å²) >= 11 is 6.05. The first-order chi connectivity index (χ1) is 13.0. The molecule has 27 heavy (non-hydrogen) atoms. The van der Waals surface area contributed by atoms with Gasteiger partial charge in [-0.1, -0.05) is 30.3 Å². The minimum atomic E-state index is -0.473. The van der Waals surface area contributed by atoms with Crippen molar-refractivity contribution in [2.45, 2.75) is 6.54 Å². The molecule has 0 saturated heterocycles. The van der Waals surface area contributed by atoms with E-state index in [9.17, 15) is 10.1 Å². The van der Waals surface area contributed by atoms with E-state index in [-0.39, 0.29) is 5.69 Å². The van der Waals surface area contributed by atoms with Crippen molar-refractivity contribution < 1.29 is 14.4 Å². The van der Waals surface area contributed by atoms with E-state index >= 15 is 0 Å². The van der Waals surface area contributed by atoms with Crippen molar-refractivity contribution in [3.8, 4) is 11.5 Å². The minimum absolute atomic E-state index is 0.0295. The molecule has 0 aliphatic rings. The van der Waals surface area contributed by atoms with Gasteiger partial charge in [0.05, 0.1) is 22.7 Å². The van der Waals surface area contributed by atoms with Crippen LogP contribution in [0.5, 0.6) is 11.5 Å². The Bertz CT molecular complexity index is 799. The number of rotatable bonds is 11. The average Bonchev–Trinajstić information content (AvgIpc) is 2.67. The number of nitrogens with zero attached hydrogens (tertiary/aromatic N) is 1. The molecule has 0 radical (unpaired) electrons. The summed E-state index contributed by atoms with van der Waals surface area (Å²) in [4.78, 5) is 10.2. The van der Waals surface area contributed by atoms with Gasteiger partial charge in [-0.2, -0.15) is 0 Å². The zero-order valence-electron chi connectivity index (χ0n) is 15.0. The zero-order valence-corrected chi connectivity index (χ0v) is 15.8. The quantitative estimate of drug-likeness (QED) is 0.260. The Morgan fingerprint density at radius 2 is 2.04 bits per heavy atom. The summed E-state index contributed by atoms with van der Waals surface area (Å²) in [6, 6.07) is 10.1. The van der Waals surface area contributed by atoms with Crippen LogP contribution in [0, 0.1) is 10.1 Å². The monoisotopic (exact) mass is 391 g/mol. The van der Waals surface area contributed by atoms with Gasteiger partial charge in [-0.15, -0.1) is 0 Å². The standard InChI is InChI=1S/C19H22ClN3O4/c1-3-10-27-18-7-4-14(11-19(18)26-2)13-21-8-9-22-17-6-5-15(23(24)25)12-16(17)20/h3-7,11-12,21-22H,1,8-10,13H2,2H3. The van der Waals surface area contributed by atoms with E-state index in [1.807, 2.05) is 18.2 Å². The topological polar surface area (TPSA) is 85.7 Å². The molecule has 0 unspecified atom stereocenters. The predicted octanol–water partition coefficient (Wildman–Crippen LogP) is 4.02. The molecule has 0 aromatic heterocycles. The van der Waals surface area contributed by atoms with Crippen molar-refractivity contribution in [3.05, 3.63) is 69.8 Å². The molecule has 2 rings (SSSR count). The highest BCUT2D eigenvalue weighted by molar-refractivity contribution is 6.33. The molecule has 0 aliphatic carbocycles. The van der Waals surface area contributed by atoms with E-state index in [0.717, 1.165) is 5.56 Å². The molecular weight excluding hydrogens is 370 g/mol. The Morgan fingerprint density at radius 3 is 2.70 bits per heavy atom. The summed E-state index contributed by atoms with van der Waals surface area (Å²) in [6.45, 7) is 6.01. The van der Waals surface area contributed by atoms with Crippen LogP contribution in [0.2, 0.25) is 5.02 Å². The lowest BCUT2D eigenvalue weighted by atomic mass is 10.2. The third-order valence-corrected chi connectivity index (χ3v) is 4.01. The number of nitrogens with one attached hydrogen (secondary N) is 2. The van der Waals surface area contributed by atoms with Crippen LogP contribution in [0.1, 0.15) is 5.56 Å². The van der Waals surface area contributed by atoms with Crippen molar-refractivity contribution in [3.63, 3.8) is 0 Å². The van der Waals surface area contributed by atoms with E-state index in [2.05, 4.69) is 17.2 Å². The first-order valence-electron chi connectivity index (χ1n) is 8.34. The number of hydrogen-bond donors (Lipinski definition) is 2. The Labute approximate surface area is 163 Å². The summed E-state index contributed by atoms with van der Waals surface area (Å²) in [7, 11) is 1.60. The number of non-ortho nitro benzene ring substituents is 1. The van der Waals surface area contributed by atoms with Crippen LogP contribution in [0.4, 0.5) is 11.4 Å². The van der Waals surface area contributed by atoms with Gasteiger partial charge in [0.1, 0.15) is 6.61 Å². The molecule has 144 valence electrons. The molecule has 0 spiro atoms. The maximum atomic E-state index is 10.7. The number of nitro benzene ring substituents is 1. The van der Waals surface area contributed by atoms with Gasteiger partial charge >= 0.3 is 0 Å². The maximum absolute atomic E-state index is 10.7. The van der Waals surface area contributed by atoms with Crippen LogP contribution in [0.15, 0.2) is 49.1 Å². The molecule has 2 aromatic rings. The van der Waals surface area contributed by atoms with Gasteiger partial charge in [0, 0.05) is 31.8 Å². The number of hydrogen-bond acceptors (Lipinski definition) is 6. The second-order valence-electron chi connectivity index (χ2n) is 5.61. The molecule has 2 N–H and O–H groups in total. The first kappa shape index (κ1) is 20.5. The largest absolute Gasteiger partial charge is 0.493 e. The molecule has 0 aliphatic heterocycles. The molecule has 0 heterocycles. The Hall–Kier alpha value is -2.77. The smallest absolute Gasteiger partial charge is 0.271 e. The number of ether oxygens (including phenoxy) is 2. The molecule has 0 bridgehead atoms. The van der Waals surface area contributed by atoms with E-state index < -0.39 is 4.92 Å². The van der Waals surface area contributed by atoms with E-state index in [1.54, 1.807) is 19.3 Å². The summed E-state index contributed by atoms with van der Waals surface area (Å²) in [5.41, 5.74) is 1.69. The van der Waals surface area contributed by atoms with Crippen LogP contribution in [-0.2, 0) is 6.54 Å². The van der Waals surface area contributed by atoms with Gasteiger partial charge in [-0.05, 0) is 23.8 Å². The third kappa shape index (κ3) is 6.16. The molecule has 0 fully saturated rings. The fourth-order valence-corrected chi connectivity index (χ4v) is 2.61. The molecule has 8 heteroatoms. The van der Waals surface area contributed by atoms with Gasteiger partial charge in [-0.25, -0.2) is 0 Å². The number of nitro groups is 1. The van der Waals surface area contributed by atoms with Gasteiger partial charge in [-0.3, -0.25) is 10.1 Å². The van der Waals surface area contributed by atoms with Crippen molar-refractivity contribution >= 4 is 23.0 Å². The number of halogens is 1.